The van der Waals surface area contributed by atoms with Crippen molar-refractivity contribution in [1.82, 2.24) is 8.87 Å². The topological polar surface area (TPSA) is 85.7 Å². The van der Waals surface area contributed by atoms with E-state index in [9.17, 15) is 18.0 Å². The lowest BCUT2D eigenvalue weighted by atomic mass is 10.0. The van der Waals surface area contributed by atoms with Crippen LogP contribution in [0.2, 0.25) is 0 Å². The van der Waals surface area contributed by atoms with Gasteiger partial charge in [-0.25, -0.2) is 13.2 Å². The normalized spacial score (nSPS) is 12.9. The van der Waals surface area contributed by atoms with Gasteiger partial charge in [-0.05, 0) is 51.3 Å². The van der Waals surface area contributed by atoms with E-state index in [0.29, 0.717) is 29.1 Å². The van der Waals surface area contributed by atoms with Crippen molar-refractivity contribution in [3.05, 3.63) is 52.8 Å². The third-order valence-corrected chi connectivity index (χ3v) is 7.37. The number of sulfonamides is 1. The van der Waals surface area contributed by atoms with Crippen LogP contribution in [0.15, 0.2) is 35.2 Å². The number of aromatic nitrogens is 1. The number of Topliss-reactive ketones (excluding diaryl/α,β-unsaturated/α-hetero) is 1. The first-order chi connectivity index (χ1) is 14.5. The SMILES string of the molecule is CCn1c(C)c(C(=O)C(C)N(CC(C)C)S(=O)(=O)c2ccccc2)c(C)c1C(=O)OC. The molecule has 2 rings (SSSR count). The van der Waals surface area contributed by atoms with Crippen molar-refractivity contribution in [2.24, 2.45) is 5.92 Å². The molecule has 0 saturated carbocycles. The predicted molar refractivity (Wildman–Crippen MR) is 120 cm³/mol. The minimum Gasteiger partial charge on any atom is -0.464 e. The number of benzene rings is 1. The number of ether oxygens (including phenoxy) is 1. The Labute approximate surface area is 185 Å². The van der Waals surface area contributed by atoms with Crippen LogP contribution >= 0.6 is 0 Å². The van der Waals surface area contributed by atoms with E-state index in [1.807, 2.05) is 20.8 Å². The summed E-state index contributed by atoms with van der Waals surface area (Å²) in [6.07, 6.45) is 0. The number of rotatable bonds is 9. The molecular formula is C23H32N2O5S. The highest BCUT2D eigenvalue weighted by molar-refractivity contribution is 7.89. The van der Waals surface area contributed by atoms with E-state index >= 15 is 0 Å². The summed E-state index contributed by atoms with van der Waals surface area (Å²) in [5, 5.41) is 0. The van der Waals surface area contributed by atoms with Crippen LogP contribution in [0.3, 0.4) is 0 Å². The molecule has 0 aliphatic rings. The zero-order valence-electron chi connectivity index (χ0n) is 19.3. The van der Waals surface area contributed by atoms with E-state index in [1.165, 1.54) is 23.5 Å². The molecule has 1 unspecified atom stereocenters. The van der Waals surface area contributed by atoms with Gasteiger partial charge < -0.3 is 9.30 Å². The van der Waals surface area contributed by atoms with Crippen molar-refractivity contribution < 1.29 is 22.7 Å². The third kappa shape index (κ3) is 4.75. The molecule has 0 saturated heterocycles. The Kier molecular flexibility index (Phi) is 7.83. The summed E-state index contributed by atoms with van der Waals surface area (Å²) in [5.74, 6) is -0.848. The number of ketones is 1. The van der Waals surface area contributed by atoms with Gasteiger partial charge in [-0.3, -0.25) is 4.79 Å². The van der Waals surface area contributed by atoms with Gasteiger partial charge in [0.2, 0.25) is 10.0 Å². The van der Waals surface area contributed by atoms with Crippen molar-refractivity contribution in [2.75, 3.05) is 13.7 Å². The molecule has 2 aromatic rings. The van der Waals surface area contributed by atoms with Crippen LogP contribution in [0.4, 0.5) is 0 Å². The zero-order valence-corrected chi connectivity index (χ0v) is 20.1. The molecule has 1 aromatic carbocycles. The fourth-order valence-electron chi connectivity index (χ4n) is 3.91. The van der Waals surface area contributed by atoms with Gasteiger partial charge in [0, 0.05) is 24.3 Å². The van der Waals surface area contributed by atoms with Crippen LogP contribution in [-0.2, 0) is 21.3 Å². The molecule has 8 heteroatoms. The third-order valence-electron chi connectivity index (χ3n) is 5.41. The lowest BCUT2D eigenvalue weighted by Crippen LogP contribution is -2.45. The smallest absolute Gasteiger partial charge is 0.354 e. The Morgan fingerprint density at radius 1 is 1.10 bits per heavy atom. The molecule has 1 aromatic heterocycles. The number of carbonyl (C=O) groups excluding carboxylic acids is 2. The maximum absolute atomic E-state index is 13.6. The first-order valence-electron chi connectivity index (χ1n) is 10.4. The van der Waals surface area contributed by atoms with Crippen LogP contribution < -0.4 is 0 Å². The maximum atomic E-state index is 13.6. The van der Waals surface area contributed by atoms with E-state index in [2.05, 4.69) is 0 Å². The number of esters is 1. The second-order valence-corrected chi connectivity index (χ2v) is 9.88. The quantitative estimate of drug-likeness (QED) is 0.430. The lowest BCUT2D eigenvalue weighted by Gasteiger charge is -2.29. The molecule has 1 atom stereocenters. The molecule has 0 aliphatic heterocycles. The maximum Gasteiger partial charge on any atom is 0.354 e. The number of nitrogens with zero attached hydrogens (tertiary/aromatic N) is 2. The summed E-state index contributed by atoms with van der Waals surface area (Å²) < 4.78 is 34.7. The summed E-state index contributed by atoms with van der Waals surface area (Å²) in [6.45, 7) is 11.4. The molecule has 0 aliphatic carbocycles. The Balaban J connectivity index is 2.59. The van der Waals surface area contributed by atoms with Gasteiger partial charge >= 0.3 is 5.97 Å². The number of carbonyl (C=O) groups is 2. The van der Waals surface area contributed by atoms with Crippen LogP contribution in [0.25, 0.3) is 0 Å². The molecule has 0 radical (unpaired) electrons. The summed E-state index contributed by atoms with van der Waals surface area (Å²) in [6, 6.07) is 7.17. The molecule has 7 nitrogen and oxygen atoms in total. The standard InChI is InChI=1S/C23H32N2O5S/c1-8-24-17(5)20(16(4)21(24)23(27)30-7)22(26)18(6)25(14-15(2)3)31(28,29)19-12-10-9-11-13-19/h9-13,15,18H,8,14H2,1-7H3. The number of methoxy groups -OCH3 is 1. The van der Waals surface area contributed by atoms with Gasteiger partial charge in [-0.15, -0.1) is 0 Å². The Morgan fingerprint density at radius 2 is 1.68 bits per heavy atom. The highest BCUT2D eigenvalue weighted by atomic mass is 32.2. The van der Waals surface area contributed by atoms with Gasteiger partial charge in [-0.1, -0.05) is 32.0 Å². The second kappa shape index (κ2) is 9.78. The number of hydrogen-bond donors (Lipinski definition) is 0. The van der Waals surface area contributed by atoms with Gasteiger partial charge in [-0.2, -0.15) is 4.31 Å². The van der Waals surface area contributed by atoms with E-state index in [-0.39, 0.29) is 23.1 Å². The molecular weight excluding hydrogens is 416 g/mol. The predicted octanol–water partition coefficient (Wildman–Crippen LogP) is 3.83. The molecule has 0 N–H and O–H groups in total. The Morgan fingerprint density at radius 3 is 2.16 bits per heavy atom. The Bertz CT molecular complexity index is 1060. The minimum absolute atomic E-state index is 0.0156. The van der Waals surface area contributed by atoms with Crippen molar-refractivity contribution in [2.45, 2.75) is 59.0 Å². The average Bonchev–Trinajstić information content (AvgIpc) is 3.00. The van der Waals surface area contributed by atoms with Crippen LogP contribution in [0, 0.1) is 19.8 Å². The molecule has 0 fully saturated rings. The van der Waals surface area contributed by atoms with Crippen molar-refractivity contribution in [3.8, 4) is 0 Å². The first kappa shape index (κ1) is 24.8. The van der Waals surface area contributed by atoms with Crippen LogP contribution in [0.1, 0.15) is 59.8 Å². The summed E-state index contributed by atoms with van der Waals surface area (Å²) in [4.78, 5) is 26.1. The summed E-state index contributed by atoms with van der Waals surface area (Å²) in [5.41, 5.74) is 1.81. The van der Waals surface area contributed by atoms with Gasteiger partial charge in [0.25, 0.3) is 0 Å². The minimum atomic E-state index is -3.89. The fourth-order valence-corrected chi connectivity index (χ4v) is 5.68. The Hall–Kier alpha value is -2.45. The summed E-state index contributed by atoms with van der Waals surface area (Å²) in [7, 11) is -2.59. The van der Waals surface area contributed by atoms with E-state index < -0.39 is 22.0 Å². The molecule has 1 heterocycles. The highest BCUT2D eigenvalue weighted by Gasteiger charge is 2.36. The number of hydrogen-bond acceptors (Lipinski definition) is 5. The first-order valence-corrected chi connectivity index (χ1v) is 11.8. The van der Waals surface area contributed by atoms with Gasteiger partial charge in [0.1, 0.15) is 5.69 Å². The zero-order chi connectivity index (χ0) is 23.5. The van der Waals surface area contributed by atoms with Crippen molar-refractivity contribution in [3.63, 3.8) is 0 Å². The highest BCUT2D eigenvalue weighted by Crippen LogP contribution is 2.28. The average molecular weight is 449 g/mol. The molecule has 31 heavy (non-hydrogen) atoms. The molecule has 170 valence electrons. The van der Waals surface area contributed by atoms with E-state index in [4.69, 9.17) is 4.74 Å². The summed E-state index contributed by atoms with van der Waals surface area (Å²) >= 11 is 0. The van der Waals surface area contributed by atoms with Crippen LogP contribution in [-0.4, -0.2) is 48.7 Å². The molecule has 0 amide bonds. The molecule has 0 bridgehead atoms. The largest absolute Gasteiger partial charge is 0.464 e. The van der Waals surface area contributed by atoms with Crippen LogP contribution in [0.5, 0.6) is 0 Å². The fraction of sp³-hybridized carbons (Fsp3) is 0.478. The lowest BCUT2D eigenvalue weighted by molar-refractivity contribution is 0.0587. The second-order valence-electron chi connectivity index (χ2n) is 7.99. The van der Waals surface area contributed by atoms with Gasteiger partial charge in [0.05, 0.1) is 18.0 Å². The van der Waals surface area contributed by atoms with Crippen molar-refractivity contribution in [1.29, 1.82) is 0 Å². The molecule has 0 spiro atoms. The van der Waals surface area contributed by atoms with Gasteiger partial charge in [0.15, 0.2) is 5.78 Å². The van der Waals surface area contributed by atoms with E-state index in [0.717, 1.165) is 0 Å². The van der Waals surface area contributed by atoms with Crippen molar-refractivity contribution >= 4 is 21.8 Å². The van der Waals surface area contributed by atoms with E-state index in [1.54, 1.807) is 43.5 Å². The monoisotopic (exact) mass is 448 g/mol.